The topological polar surface area (TPSA) is 49.4 Å². The molecule has 3 rings (SSSR count). The van der Waals surface area contributed by atoms with Crippen LogP contribution in [0.5, 0.6) is 0 Å². The number of benzene rings is 2. The van der Waals surface area contributed by atoms with Gasteiger partial charge in [0.25, 0.3) is 0 Å². The number of rotatable bonds is 5. The van der Waals surface area contributed by atoms with Crippen LogP contribution in [-0.2, 0) is 22.3 Å². The number of nitrogens with one attached hydrogen (secondary N) is 1. The van der Waals surface area contributed by atoms with E-state index in [2.05, 4.69) is 5.32 Å². The van der Waals surface area contributed by atoms with E-state index in [1.165, 1.54) is 18.2 Å². The van der Waals surface area contributed by atoms with Gasteiger partial charge >= 0.3 is 6.18 Å². The summed E-state index contributed by atoms with van der Waals surface area (Å²) in [5.74, 6) is -0.334. The maximum Gasteiger partial charge on any atom is 0.417 e. The Hall–Kier alpha value is -2.80. The largest absolute Gasteiger partial charge is 0.417 e. The van der Waals surface area contributed by atoms with Crippen molar-refractivity contribution in [3.63, 3.8) is 0 Å². The van der Waals surface area contributed by atoms with E-state index in [1.807, 2.05) is 24.3 Å². The van der Waals surface area contributed by atoms with Crippen molar-refractivity contribution >= 4 is 35.2 Å². The highest BCUT2D eigenvalue weighted by Crippen LogP contribution is 2.35. The summed E-state index contributed by atoms with van der Waals surface area (Å²) in [6.07, 6.45) is -0.692. The fourth-order valence-electron chi connectivity index (χ4n) is 3.00. The molecule has 4 nitrogen and oxygen atoms in total. The van der Waals surface area contributed by atoms with Crippen molar-refractivity contribution in [2.24, 2.45) is 0 Å². The molecule has 0 atom stereocenters. The van der Waals surface area contributed by atoms with Crippen molar-refractivity contribution in [1.29, 1.82) is 0 Å². The molecule has 8 heteroatoms. The van der Waals surface area contributed by atoms with Gasteiger partial charge in [-0.3, -0.25) is 9.59 Å². The maximum absolute atomic E-state index is 12.9. The SMILES string of the molecule is O=C(/C=C/c1ccc(Cl)c(C(F)(F)F)c1)NCc1ccc(N2CCCC2=O)cc1. The normalized spacial score (nSPS) is 14.6. The van der Waals surface area contributed by atoms with Crippen molar-refractivity contribution in [3.05, 3.63) is 70.3 Å². The zero-order chi connectivity index (χ0) is 21.0. The number of alkyl halides is 3. The van der Waals surface area contributed by atoms with Crippen LogP contribution < -0.4 is 10.2 Å². The third kappa shape index (κ3) is 5.38. The summed E-state index contributed by atoms with van der Waals surface area (Å²) in [4.78, 5) is 25.4. The second-order valence-electron chi connectivity index (χ2n) is 6.60. The summed E-state index contributed by atoms with van der Waals surface area (Å²) in [7, 11) is 0. The molecule has 0 unspecified atom stereocenters. The van der Waals surface area contributed by atoms with Gasteiger partial charge in [-0.25, -0.2) is 0 Å². The highest BCUT2D eigenvalue weighted by atomic mass is 35.5. The summed E-state index contributed by atoms with van der Waals surface area (Å²) in [5.41, 5.74) is 0.938. The molecule has 0 saturated carbocycles. The fourth-order valence-corrected chi connectivity index (χ4v) is 3.22. The number of hydrogen-bond acceptors (Lipinski definition) is 2. The first-order valence-corrected chi connectivity index (χ1v) is 9.34. The Morgan fingerprint density at radius 1 is 1.17 bits per heavy atom. The molecule has 0 spiro atoms. The predicted octanol–water partition coefficient (Wildman–Crippen LogP) is 4.82. The van der Waals surface area contributed by atoms with Crippen molar-refractivity contribution in [3.8, 4) is 0 Å². The molecule has 29 heavy (non-hydrogen) atoms. The van der Waals surface area contributed by atoms with Gasteiger partial charge in [-0.05, 0) is 47.9 Å². The minimum Gasteiger partial charge on any atom is -0.348 e. The van der Waals surface area contributed by atoms with E-state index in [0.717, 1.165) is 29.8 Å². The smallest absolute Gasteiger partial charge is 0.348 e. The van der Waals surface area contributed by atoms with E-state index in [9.17, 15) is 22.8 Å². The predicted molar refractivity (Wildman–Crippen MR) is 105 cm³/mol. The van der Waals surface area contributed by atoms with E-state index in [4.69, 9.17) is 11.6 Å². The molecular weight excluding hydrogens is 405 g/mol. The molecule has 1 heterocycles. The van der Waals surface area contributed by atoms with Crippen molar-refractivity contribution < 1.29 is 22.8 Å². The number of carbonyl (C=O) groups is 2. The Morgan fingerprint density at radius 3 is 2.52 bits per heavy atom. The molecule has 0 radical (unpaired) electrons. The summed E-state index contributed by atoms with van der Waals surface area (Å²) >= 11 is 5.58. The number of hydrogen-bond donors (Lipinski definition) is 1. The molecule has 2 aromatic rings. The van der Waals surface area contributed by atoms with Crippen LogP contribution in [0.4, 0.5) is 18.9 Å². The van der Waals surface area contributed by atoms with E-state index in [1.54, 1.807) is 4.90 Å². The van der Waals surface area contributed by atoms with Gasteiger partial charge in [-0.15, -0.1) is 0 Å². The van der Waals surface area contributed by atoms with Gasteiger partial charge < -0.3 is 10.2 Å². The Balaban J connectivity index is 1.57. The van der Waals surface area contributed by atoms with Gasteiger partial charge in [0.15, 0.2) is 0 Å². The molecular formula is C21H18ClF3N2O2. The number of amides is 2. The fraction of sp³-hybridized carbons (Fsp3) is 0.238. The molecule has 1 saturated heterocycles. The van der Waals surface area contributed by atoms with Gasteiger partial charge in [-0.2, -0.15) is 13.2 Å². The number of nitrogens with zero attached hydrogens (tertiary/aromatic N) is 1. The lowest BCUT2D eigenvalue weighted by Crippen LogP contribution is -2.23. The van der Waals surface area contributed by atoms with Crippen LogP contribution in [0.1, 0.15) is 29.5 Å². The Labute approximate surface area is 171 Å². The zero-order valence-corrected chi connectivity index (χ0v) is 16.1. The first-order chi connectivity index (χ1) is 13.7. The van der Waals surface area contributed by atoms with Gasteiger partial charge in [0.2, 0.25) is 11.8 Å². The highest BCUT2D eigenvalue weighted by Gasteiger charge is 2.33. The highest BCUT2D eigenvalue weighted by molar-refractivity contribution is 6.31. The van der Waals surface area contributed by atoms with E-state index < -0.39 is 22.7 Å². The van der Waals surface area contributed by atoms with Crippen molar-refractivity contribution in [2.45, 2.75) is 25.6 Å². The van der Waals surface area contributed by atoms with Gasteiger partial charge in [0, 0.05) is 31.3 Å². The van der Waals surface area contributed by atoms with Crippen LogP contribution >= 0.6 is 11.6 Å². The molecule has 1 aliphatic heterocycles. The molecule has 1 N–H and O–H groups in total. The third-order valence-corrected chi connectivity index (χ3v) is 4.84. The van der Waals surface area contributed by atoms with E-state index >= 15 is 0 Å². The summed E-state index contributed by atoms with van der Waals surface area (Å²) in [6, 6.07) is 10.7. The third-order valence-electron chi connectivity index (χ3n) is 4.51. The summed E-state index contributed by atoms with van der Waals surface area (Å²) in [5, 5.41) is 2.28. The van der Waals surface area contributed by atoms with Crippen LogP contribution in [-0.4, -0.2) is 18.4 Å². The van der Waals surface area contributed by atoms with Crippen LogP contribution in [0.25, 0.3) is 6.08 Å². The Kier molecular flexibility index (Phi) is 6.27. The molecule has 0 bridgehead atoms. The average Bonchev–Trinajstić information content (AvgIpc) is 3.11. The first-order valence-electron chi connectivity index (χ1n) is 8.96. The molecule has 0 aromatic heterocycles. The molecule has 1 fully saturated rings. The lowest BCUT2D eigenvalue weighted by atomic mass is 10.1. The lowest BCUT2D eigenvalue weighted by Gasteiger charge is -2.15. The minimum absolute atomic E-state index is 0.104. The van der Waals surface area contributed by atoms with Crippen LogP contribution in [0.3, 0.4) is 0 Å². The van der Waals surface area contributed by atoms with Gasteiger partial charge in [0.05, 0.1) is 10.6 Å². The van der Waals surface area contributed by atoms with Crippen LogP contribution in [0, 0.1) is 0 Å². The average molecular weight is 423 g/mol. The number of anilines is 1. The molecule has 2 aromatic carbocycles. The van der Waals surface area contributed by atoms with E-state index in [0.29, 0.717) is 13.0 Å². The standard InChI is InChI=1S/C21H18ClF3N2O2/c22-18-9-5-14(12-17(18)21(23,24)25)6-10-19(28)26-13-15-3-7-16(8-4-15)27-11-1-2-20(27)29/h3-10,12H,1-2,11,13H2,(H,26,28)/b10-6+. The van der Waals surface area contributed by atoms with Crippen molar-refractivity contribution in [1.82, 2.24) is 5.32 Å². The van der Waals surface area contributed by atoms with E-state index in [-0.39, 0.29) is 18.0 Å². The maximum atomic E-state index is 12.9. The summed E-state index contributed by atoms with van der Waals surface area (Å²) in [6.45, 7) is 0.965. The molecule has 0 aliphatic carbocycles. The van der Waals surface area contributed by atoms with Gasteiger partial charge in [-0.1, -0.05) is 29.8 Å². The van der Waals surface area contributed by atoms with Crippen LogP contribution in [0.15, 0.2) is 48.5 Å². The number of halogens is 4. The Morgan fingerprint density at radius 2 is 1.90 bits per heavy atom. The molecule has 1 aliphatic rings. The van der Waals surface area contributed by atoms with Crippen molar-refractivity contribution in [2.75, 3.05) is 11.4 Å². The first kappa shape index (κ1) is 20.9. The summed E-state index contributed by atoms with van der Waals surface area (Å²) < 4.78 is 38.6. The second-order valence-corrected chi connectivity index (χ2v) is 7.01. The second kappa shape index (κ2) is 8.69. The molecule has 2 amide bonds. The minimum atomic E-state index is -4.56. The van der Waals surface area contributed by atoms with Gasteiger partial charge in [0.1, 0.15) is 0 Å². The lowest BCUT2D eigenvalue weighted by molar-refractivity contribution is -0.137. The zero-order valence-electron chi connectivity index (χ0n) is 15.3. The Bertz CT molecular complexity index is 940. The number of carbonyl (C=O) groups excluding carboxylic acids is 2. The monoisotopic (exact) mass is 422 g/mol. The van der Waals surface area contributed by atoms with Crippen LogP contribution in [0.2, 0.25) is 5.02 Å². The molecule has 152 valence electrons. The quantitative estimate of drug-likeness (QED) is 0.703.